The molecule has 2 aromatic carbocycles. The molecule has 0 fully saturated rings. The predicted octanol–water partition coefficient (Wildman–Crippen LogP) is 5.11. The Morgan fingerprint density at radius 2 is 1.94 bits per heavy atom. The molecule has 0 radical (unpaired) electrons. The van der Waals surface area contributed by atoms with Crippen molar-refractivity contribution in [3.05, 3.63) is 82.9 Å². The van der Waals surface area contributed by atoms with Crippen LogP contribution in [-0.2, 0) is 13.0 Å². The molecule has 3 aromatic heterocycles. The van der Waals surface area contributed by atoms with Gasteiger partial charge in [-0.05, 0) is 59.7 Å². The molecule has 0 aliphatic rings. The maximum absolute atomic E-state index is 6.09. The first-order valence-corrected chi connectivity index (χ1v) is 11.7. The Morgan fingerprint density at radius 1 is 1.09 bits per heavy atom. The SMILES string of the molecule is CC#CC(Cc1nnn[nH]1)c1ccc(OCc2ccc3scc(-c4nccnc4C)c3c2)cc1. The van der Waals surface area contributed by atoms with Gasteiger partial charge in [-0.1, -0.05) is 24.1 Å². The van der Waals surface area contributed by atoms with Crippen LogP contribution in [0.1, 0.15) is 35.5 Å². The molecule has 0 spiro atoms. The van der Waals surface area contributed by atoms with Crippen molar-refractivity contribution < 1.29 is 4.74 Å². The monoisotopic (exact) mass is 466 g/mol. The summed E-state index contributed by atoms with van der Waals surface area (Å²) in [7, 11) is 0. The Morgan fingerprint density at radius 3 is 2.71 bits per heavy atom. The molecule has 1 atom stereocenters. The molecule has 7 nitrogen and oxygen atoms in total. The number of thiophene rings is 1. The number of H-pyrrole nitrogens is 1. The molecular formula is C26H22N6OS. The zero-order valence-corrected chi connectivity index (χ0v) is 19.6. The van der Waals surface area contributed by atoms with Gasteiger partial charge in [0.1, 0.15) is 18.2 Å². The van der Waals surface area contributed by atoms with E-state index in [0.717, 1.165) is 33.8 Å². The Labute approximate surface area is 201 Å². The lowest BCUT2D eigenvalue weighted by Gasteiger charge is -2.11. The molecule has 168 valence electrons. The molecule has 3 heterocycles. The molecular weight excluding hydrogens is 444 g/mol. The minimum absolute atomic E-state index is 0.0118. The molecule has 0 aliphatic carbocycles. The van der Waals surface area contributed by atoms with Gasteiger partial charge in [-0.2, -0.15) is 0 Å². The highest BCUT2D eigenvalue weighted by atomic mass is 32.1. The van der Waals surface area contributed by atoms with Crippen molar-refractivity contribution in [3.63, 3.8) is 0 Å². The van der Waals surface area contributed by atoms with Gasteiger partial charge in [0.05, 0.1) is 17.3 Å². The van der Waals surface area contributed by atoms with Crippen molar-refractivity contribution in [1.29, 1.82) is 0 Å². The van der Waals surface area contributed by atoms with Crippen molar-refractivity contribution in [2.75, 3.05) is 0 Å². The molecule has 0 aliphatic heterocycles. The van der Waals surface area contributed by atoms with Crippen LogP contribution in [-0.4, -0.2) is 30.6 Å². The number of benzene rings is 2. The number of nitrogens with zero attached hydrogens (tertiary/aromatic N) is 5. The highest BCUT2D eigenvalue weighted by Gasteiger charge is 2.13. The lowest BCUT2D eigenvalue weighted by atomic mass is 9.96. The molecule has 0 saturated heterocycles. The molecule has 8 heteroatoms. The fourth-order valence-corrected chi connectivity index (χ4v) is 4.80. The minimum atomic E-state index is 0.0118. The van der Waals surface area contributed by atoms with E-state index in [4.69, 9.17) is 4.74 Å². The maximum Gasteiger partial charge on any atom is 0.150 e. The van der Waals surface area contributed by atoms with Crippen molar-refractivity contribution in [2.45, 2.75) is 32.8 Å². The summed E-state index contributed by atoms with van der Waals surface area (Å²) in [4.78, 5) is 8.93. The highest BCUT2D eigenvalue weighted by Crippen LogP contribution is 2.34. The fourth-order valence-electron chi connectivity index (χ4n) is 3.87. The number of aromatic amines is 1. The lowest BCUT2D eigenvalue weighted by molar-refractivity contribution is 0.306. The van der Waals surface area contributed by atoms with Gasteiger partial charge in [-0.3, -0.25) is 9.97 Å². The van der Waals surface area contributed by atoms with Crippen LogP contribution in [0.15, 0.2) is 60.2 Å². The van der Waals surface area contributed by atoms with Crippen molar-refractivity contribution >= 4 is 21.4 Å². The zero-order valence-electron chi connectivity index (χ0n) is 18.8. The van der Waals surface area contributed by atoms with Crippen LogP contribution in [0.5, 0.6) is 5.75 Å². The Hall–Kier alpha value is -4.09. The molecule has 34 heavy (non-hydrogen) atoms. The van der Waals surface area contributed by atoms with Gasteiger partial charge in [-0.15, -0.1) is 22.4 Å². The van der Waals surface area contributed by atoms with Gasteiger partial charge in [-0.25, -0.2) is 5.10 Å². The van der Waals surface area contributed by atoms with Gasteiger partial charge in [0.2, 0.25) is 0 Å². The number of aromatic nitrogens is 6. The number of aryl methyl sites for hydroxylation is 1. The van der Waals surface area contributed by atoms with E-state index in [1.54, 1.807) is 23.7 Å². The Balaban J connectivity index is 1.31. The topological polar surface area (TPSA) is 89.5 Å². The molecule has 0 saturated carbocycles. The number of hydrogen-bond acceptors (Lipinski definition) is 7. The number of ether oxygens (including phenoxy) is 1. The van der Waals surface area contributed by atoms with Crippen molar-refractivity contribution in [2.24, 2.45) is 0 Å². The van der Waals surface area contributed by atoms with E-state index in [9.17, 15) is 0 Å². The maximum atomic E-state index is 6.09. The summed E-state index contributed by atoms with van der Waals surface area (Å²) >= 11 is 1.72. The second-order valence-corrected chi connectivity index (χ2v) is 8.74. The van der Waals surface area contributed by atoms with E-state index in [2.05, 4.69) is 66.0 Å². The number of hydrogen-bond donors (Lipinski definition) is 1. The molecule has 1 unspecified atom stereocenters. The van der Waals surface area contributed by atoms with Gasteiger partial charge >= 0.3 is 0 Å². The third-order valence-corrected chi connectivity index (χ3v) is 6.53. The summed E-state index contributed by atoms with van der Waals surface area (Å²) in [6.07, 6.45) is 4.09. The molecule has 0 amide bonds. The first kappa shape index (κ1) is 21.7. The van der Waals surface area contributed by atoms with Gasteiger partial charge in [0.15, 0.2) is 0 Å². The quantitative estimate of drug-likeness (QED) is 0.335. The highest BCUT2D eigenvalue weighted by molar-refractivity contribution is 7.17. The Bertz CT molecular complexity index is 1470. The normalized spacial score (nSPS) is 11.7. The molecule has 5 rings (SSSR count). The number of tetrazole rings is 1. The summed E-state index contributed by atoms with van der Waals surface area (Å²) in [5, 5.41) is 17.4. The molecule has 5 aromatic rings. The van der Waals surface area contributed by atoms with Gasteiger partial charge in [0, 0.05) is 39.8 Å². The van der Waals surface area contributed by atoms with Gasteiger partial charge < -0.3 is 4.74 Å². The first-order chi connectivity index (χ1) is 16.7. The molecule has 1 N–H and O–H groups in total. The number of fused-ring (bicyclic) bond motifs is 1. The van der Waals surface area contributed by atoms with Crippen molar-refractivity contribution in [1.82, 2.24) is 30.6 Å². The van der Waals surface area contributed by atoms with E-state index >= 15 is 0 Å². The van der Waals surface area contributed by atoms with E-state index in [-0.39, 0.29) is 5.92 Å². The van der Waals surface area contributed by atoms with Crippen LogP contribution in [0.3, 0.4) is 0 Å². The van der Waals surface area contributed by atoms with E-state index in [1.165, 1.54) is 10.1 Å². The van der Waals surface area contributed by atoms with Crippen LogP contribution in [0.25, 0.3) is 21.3 Å². The summed E-state index contributed by atoms with van der Waals surface area (Å²) < 4.78 is 7.31. The number of nitrogens with one attached hydrogen (secondary N) is 1. The average Bonchev–Trinajstić information content (AvgIpc) is 3.53. The second kappa shape index (κ2) is 9.81. The predicted molar refractivity (Wildman–Crippen MR) is 132 cm³/mol. The van der Waals surface area contributed by atoms with Crippen LogP contribution in [0, 0.1) is 18.8 Å². The number of rotatable bonds is 7. The minimum Gasteiger partial charge on any atom is -0.489 e. The zero-order chi connectivity index (χ0) is 23.3. The summed E-state index contributed by atoms with van der Waals surface area (Å²) in [5.41, 5.74) is 5.16. The standard InChI is InChI=1S/C26H22N6OS/c1-3-4-20(14-25-29-31-32-30-25)19-6-8-21(9-7-19)33-15-18-5-10-24-22(13-18)23(16-34-24)26-17(2)27-11-12-28-26/h5-13,16,20H,14-15H2,1-2H3,(H,29,30,31,32). The summed E-state index contributed by atoms with van der Waals surface area (Å²) in [6.45, 7) is 4.30. The van der Waals surface area contributed by atoms with Crippen LogP contribution in [0.2, 0.25) is 0 Å². The Kier molecular flexibility index (Phi) is 6.27. The molecule has 0 bridgehead atoms. The lowest BCUT2D eigenvalue weighted by Crippen LogP contribution is -2.03. The van der Waals surface area contributed by atoms with Crippen LogP contribution >= 0.6 is 11.3 Å². The van der Waals surface area contributed by atoms with E-state index in [0.29, 0.717) is 18.9 Å². The second-order valence-electron chi connectivity index (χ2n) is 7.83. The van der Waals surface area contributed by atoms with Crippen molar-refractivity contribution in [3.8, 4) is 28.8 Å². The third kappa shape index (κ3) is 4.65. The van der Waals surface area contributed by atoms with Crippen LogP contribution in [0.4, 0.5) is 0 Å². The first-order valence-electron chi connectivity index (χ1n) is 10.9. The smallest absolute Gasteiger partial charge is 0.150 e. The third-order valence-electron chi connectivity index (χ3n) is 5.57. The largest absolute Gasteiger partial charge is 0.489 e. The summed E-state index contributed by atoms with van der Waals surface area (Å²) in [6, 6.07) is 14.5. The van der Waals surface area contributed by atoms with E-state index < -0.39 is 0 Å². The van der Waals surface area contributed by atoms with Gasteiger partial charge in [0.25, 0.3) is 0 Å². The summed E-state index contributed by atoms with van der Waals surface area (Å²) in [5.74, 6) is 7.77. The fraction of sp³-hybridized carbons (Fsp3) is 0.192. The van der Waals surface area contributed by atoms with Crippen LogP contribution < -0.4 is 4.74 Å². The van der Waals surface area contributed by atoms with E-state index in [1.807, 2.05) is 38.1 Å². The average molecular weight is 467 g/mol.